The van der Waals surface area contributed by atoms with E-state index < -0.39 is 0 Å². The minimum Gasteiger partial charge on any atom is -0.509 e. The zero-order valence-corrected chi connectivity index (χ0v) is 32.9. The standard InChI is InChI=1S/C47H46N4O2.Pd/c1-31-46(47-39(33-14-6-4-7-15-33)21-13-22-40(47)34-16-8-5-9-17-34)32(2)51(49-31)35-18-12-19-37(28-35)53-38-24-25-42-41-20-10-11-23-43(41)50(44(42)29-38)45-30-36(52-3)26-27-48-45;/h10-13,18-27,30,33-34H,4-9,14-17H2,1-3H3;/q-2;+2. The average molecular weight is 805 g/mol. The van der Waals surface area contributed by atoms with Crippen LogP contribution in [0.5, 0.6) is 17.2 Å². The summed E-state index contributed by atoms with van der Waals surface area (Å²) in [5.74, 6) is 3.94. The van der Waals surface area contributed by atoms with E-state index >= 15 is 0 Å². The number of ether oxygens (including phenoxy) is 2. The molecule has 0 spiro atoms. The number of fused-ring (bicyclic) bond motifs is 3. The Morgan fingerprint density at radius 2 is 1.37 bits per heavy atom. The van der Waals surface area contributed by atoms with Crippen molar-refractivity contribution >= 4 is 21.8 Å². The van der Waals surface area contributed by atoms with Crippen molar-refractivity contribution in [2.24, 2.45) is 0 Å². The number of methoxy groups -OCH3 is 1. The molecule has 2 aliphatic carbocycles. The van der Waals surface area contributed by atoms with Crippen molar-refractivity contribution in [2.75, 3.05) is 7.11 Å². The molecule has 0 radical (unpaired) electrons. The summed E-state index contributed by atoms with van der Waals surface area (Å²) in [6.45, 7) is 4.41. The summed E-state index contributed by atoms with van der Waals surface area (Å²) in [4.78, 5) is 4.70. The Kier molecular flexibility index (Phi) is 10.5. The Morgan fingerprint density at radius 1 is 0.685 bits per heavy atom. The molecular weight excluding hydrogens is 759 g/mol. The Hall–Kier alpha value is -4.70. The van der Waals surface area contributed by atoms with E-state index in [1.807, 2.05) is 36.4 Å². The topological polar surface area (TPSA) is 54.1 Å². The zero-order valence-electron chi connectivity index (χ0n) is 31.3. The van der Waals surface area contributed by atoms with Crippen molar-refractivity contribution < 1.29 is 29.9 Å². The summed E-state index contributed by atoms with van der Waals surface area (Å²) in [5, 5.41) is 7.40. The van der Waals surface area contributed by atoms with E-state index in [4.69, 9.17) is 19.6 Å². The molecule has 6 nitrogen and oxygen atoms in total. The molecule has 7 heteroatoms. The maximum Gasteiger partial charge on any atom is 2.00 e. The Morgan fingerprint density at radius 3 is 2.09 bits per heavy atom. The average Bonchev–Trinajstić information content (AvgIpc) is 3.70. The van der Waals surface area contributed by atoms with Gasteiger partial charge in [0.15, 0.2) is 0 Å². The maximum absolute atomic E-state index is 6.53. The van der Waals surface area contributed by atoms with Crippen molar-refractivity contribution in [3.8, 4) is 39.9 Å². The van der Waals surface area contributed by atoms with Crippen LogP contribution in [0.4, 0.5) is 0 Å². The normalized spacial score (nSPS) is 15.4. The van der Waals surface area contributed by atoms with Gasteiger partial charge in [0.1, 0.15) is 11.6 Å². The van der Waals surface area contributed by atoms with Crippen molar-refractivity contribution in [1.82, 2.24) is 19.3 Å². The third kappa shape index (κ3) is 6.67. The summed E-state index contributed by atoms with van der Waals surface area (Å²) in [6, 6.07) is 36.6. The number of aryl methyl sites for hydroxylation is 1. The van der Waals surface area contributed by atoms with Crippen LogP contribution in [0, 0.1) is 26.0 Å². The van der Waals surface area contributed by atoms with Crippen molar-refractivity contribution in [2.45, 2.75) is 89.9 Å². The Bertz CT molecular complexity index is 2400. The van der Waals surface area contributed by atoms with E-state index in [0.29, 0.717) is 23.3 Å². The fourth-order valence-electron chi connectivity index (χ4n) is 9.18. The molecule has 9 rings (SSSR count). The van der Waals surface area contributed by atoms with E-state index in [1.54, 1.807) is 13.3 Å². The quantitative estimate of drug-likeness (QED) is 0.113. The molecule has 2 fully saturated rings. The number of pyridine rings is 1. The summed E-state index contributed by atoms with van der Waals surface area (Å²) in [7, 11) is 1.67. The second-order valence-corrected chi connectivity index (χ2v) is 14.9. The third-order valence-electron chi connectivity index (χ3n) is 11.7. The van der Waals surface area contributed by atoms with Gasteiger partial charge in [0.2, 0.25) is 0 Å². The van der Waals surface area contributed by atoms with E-state index in [9.17, 15) is 0 Å². The summed E-state index contributed by atoms with van der Waals surface area (Å²) in [5.41, 5.74) is 10.8. The molecule has 3 heterocycles. The van der Waals surface area contributed by atoms with Gasteiger partial charge in [-0.1, -0.05) is 80.4 Å². The first-order valence-corrected chi connectivity index (χ1v) is 19.4. The van der Waals surface area contributed by atoms with E-state index in [2.05, 4.69) is 83.8 Å². The molecule has 2 aliphatic rings. The number of hydrogen-bond donors (Lipinski definition) is 0. The van der Waals surface area contributed by atoms with Gasteiger partial charge in [0, 0.05) is 40.5 Å². The van der Waals surface area contributed by atoms with Crippen LogP contribution in [0.3, 0.4) is 0 Å². The number of rotatable bonds is 8. The van der Waals surface area contributed by atoms with E-state index in [-0.39, 0.29) is 20.4 Å². The van der Waals surface area contributed by atoms with Crippen LogP contribution in [0.1, 0.15) is 98.6 Å². The summed E-state index contributed by atoms with van der Waals surface area (Å²) < 4.78 is 16.2. The van der Waals surface area contributed by atoms with Gasteiger partial charge in [0.05, 0.1) is 12.8 Å². The first kappa shape index (κ1) is 36.3. The molecular formula is C47H46N4O2Pd. The Labute approximate surface area is 332 Å². The number of benzene rings is 4. The molecule has 54 heavy (non-hydrogen) atoms. The predicted molar refractivity (Wildman–Crippen MR) is 213 cm³/mol. The fourth-order valence-corrected chi connectivity index (χ4v) is 9.18. The first-order chi connectivity index (χ1) is 26.1. The second kappa shape index (κ2) is 15.6. The van der Waals surface area contributed by atoms with Crippen LogP contribution >= 0.6 is 0 Å². The van der Waals surface area contributed by atoms with Crippen LogP contribution in [-0.2, 0) is 20.4 Å². The monoisotopic (exact) mass is 804 g/mol. The first-order valence-electron chi connectivity index (χ1n) is 19.4. The van der Waals surface area contributed by atoms with Gasteiger partial charge < -0.3 is 14.0 Å². The van der Waals surface area contributed by atoms with Gasteiger partial charge in [-0.3, -0.25) is 4.68 Å². The number of para-hydroxylation sites is 1. The van der Waals surface area contributed by atoms with Crippen LogP contribution in [-0.4, -0.2) is 26.4 Å². The SMILES string of the molecule is COc1ccnc(-n2c3[c-]c(Oc4[c-]c(-n5nc(C)c(-c6c(C7CCCCC7)cccc6C6CCCCC6)c5C)ccc4)ccc3c3ccccc32)c1.[Pd+2]. The van der Waals surface area contributed by atoms with Gasteiger partial charge in [0.25, 0.3) is 0 Å². The minimum absolute atomic E-state index is 0. The molecule has 3 aromatic heterocycles. The molecule has 0 amide bonds. The van der Waals surface area contributed by atoms with Gasteiger partial charge in [-0.2, -0.15) is 17.2 Å². The van der Waals surface area contributed by atoms with Crippen LogP contribution in [0.15, 0.2) is 91.1 Å². The molecule has 0 N–H and O–H groups in total. The van der Waals surface area contributed by atoms with Crippen LogP contribution < -0.4 is 9.47 Å². The molecule has 2 saturated carbocycles. The van der Waals surface area contributed by atoms with Crippen molar-refractivity contribution in [3.05, 3.63) is 126 Å². The predicted octanol–water partition coefficient (Wildman–Crippen LogP) is 12.1. The van der Waals surface area contributed by atoms with Crippen molar-refractivity contribution in [1.29, 1.82) is 0 Å². The van der Waals surface area contributed by atoms with Gasteiger partial charge in [-0.25, -0.2) is 4.98 Å². The van der Waals surface area contributed by atoms with E-state index in [0.717, 1.165) is 50.4 Å². The molecule has 0 aliphatic heterocycles. The zero-order chi connectivity index (χ0) is 35.9. The summed E-state index contributed by atoms with van der Waals surface area (Å²) >= 11 is 0. The van der Waals surface area contributed by atoms with E-state index in [1.165, 1.54) is 86.5 Å². The minimum atomic E-state index is 0. The fraction of sp³-hybridized carbons (Fsp3) is 0.319. The van der Waals surface area contributed by atoms with Gasteiger partial charge in [-0.05, 0) is 91.3 Å². The van der Waals surface area contributed by atoms with Crippen LogP contribution in [0.2, 0.25) is 0 Å². The summed E-state index contributed by atoms with van der Waals surface area (Å²) in [6.07, 6.45) is 14.9. The van der Waals surface area contributed by atoms with Crippen molar-refractivity contribution in [3.63, 3.8) is 0 Å². The van der Waals surface area contributed by atoms with Crippen LogP contribution in [0.25, 0.3) is 44.4 Å². The molecule has 0 atom stereocenters. The number of hydrogen-bond acceptors (Lipinski definition) is 4. The second-order valence-electron chi connectivity index (χ2n) is 14.9. The molecule has 276 valence electrons. The molecule has 0 saturated heterocycles. The third-order valence-corrected chi connectivity index (χ3v) is 11.7. The maximum atomic E-state index is 6.53. The molecule has 0 unspecified atom stereocenters. The molecule has 4 aromatic carbocycles. The van der Waals surface area contributed by atoms with Gasteiger partial charge >= 0.3 is 20.4 Å². The number of aromatic nitrogens is 4. The molecule has 0 bridgehead atoms. The van der Waals surface area contributed by atoms with Gasteiger partial charge in [-0.15, -0.1) is 35.7 Å². The largest absolute Gasteiger partial charge is 2.00 e. The smallest absolute Gasteiger partial charge is 0.509 e. The Balaban J connectivity index is 0.00000413. The number of nitrogens with zero attached hydrogens (tertiary/aromatic N) is 4. The molecule has 7 aromatic rings.